The number of carbonyl (C=O) groups is 2. The van der Waals surface area contributed by atoms with Crippen molar-refractivity contribution < 1.29 is 28.0 Å². The Bertz CT molecular complexity index is 1050. The van der Waals surface area contributed by atoms with E-state index in [1.807, 2.05) is 0 Å². The number of rotatable bonds is 4. The highest BCUT2D eigenvalue weighted by Crippen LogP contribution is 2.33. The maximum Gasteiger partial charge on any atom is 0.349 e. The highest BCUT2D eigenvalue weighted by molar-refractivity contribution is 5.95. The Morgan fingerprint density at radius 3 is 2.72 bits per heavy atom. The van der Waals surface area contributed by atoms with Crippen LogP contribution in [0.4, 0.5) is 10.1 Å². The Morgan fingerprint density at radius 1 is 1.21 bits per heavy atom. The van der Waals surface area contributed by atoms with Crippen molar-refractivity contribution in [3.05, 3.63) is 60.2 Å². The number of fused-ring (bicyclic) bond motifs is 1. The number of para-hydroxylation sites is 2. The molecule has 0 bridgehead atoms. The van der Waals surface area contributed by atoms with Gasteiger partial charge in [-0.05, 0) is 36.4 Å². The Labute approximate surface area is 164 Å². The molecule has 0 unspecified atom stereocenters. The number of ether oxygens (including phenoxy) is 2. The first kappa shape index (κ1) is 18.6. The summed E-state index contributed by atoms with van der Waals surface area (Å²) in [6, 6.07) is 12.5. The summed E-state index contributed by atoms with van der Waals surface area (Å²) >= 11 is 0. The van der Waals surface area contributed by atoms with Gasteiger partial charge in [0.05, 0.1) is 12.2 Å². The molecule has 0 spiro atoms. The molecule has 0 aliphatic carbocycles. The number of hydrogen-bond acceptors (Lipinski definition) is 7. The van der Waals surface area contributed by atoms with E-state index in [0.29, 0.717) is 17.0 Å². The third-order valence-corrected chi connectivity index (χ3v) is 4.33. The van der Waals surface area contributed by atoms with Crippen molar-refractivity contribution in [2.75, 3.05) is 11.4 Å². The van der Waals surface area contributed by atoms with Crippen molar-refractivity contribution in [2.24, 2.45) is 0 Å². The van der Waals surface area contributed by atoms with Gasteiger partial charge in [-0.15, -0.1) is 0 Å². The van der Waals surface area contributed by atoms with Gasteiger partial charge in [0, 0.05) is 12.5 Å². The molecule has 3 aromatic rings. The number of nitrogens with zero attached hydrogens (tertiary/aromatic N) is 3. The van der Waals surface area contributed by atoms with Crippen LogP contribution in [0.5, 0.6) is 5.75 Å². The van der Waals surface area contributed by atoms with Crippen LogP contribution in [-0.4, -0.2) is 34.7 Å². The zero-order valence-corrected chi connectivity index (χ0v) is 15.4. The van der Waals surface area contributed by atoms with Crippen molar-refractivity contribution in [3.63, 3.8) is 0 Å². The van der Waals surface area contributed by atoms with Gasteiger partial charge in [0.1, 0.15) is 11.6 Å². The van der Waals surface area contributed by atoms with Crippen molar-refractivity contribution in [3.8, 4) is 17.1 Å². The van der Waals surface area contributed by atoms with Gasteiger partial charge in [0.25, 0.3) is 5.89 Å². The molecule has 1 aliphatic heterocycles. The molecule has 8 nitrogen and oxygen atoms in total. The minimum atomic E-state index is -0.978. The van der Waals surface area contributed by atoms with E-state index in [-0.39, 0.29) is 36.6 Å². The van der Waals surface area contributed by atoms with Crippen LogP contribution in [0, 0.1) is 5.82 Å². The standard InChI is InChI=1S/C20H16FN3O5/c1-12(25)24-10-17(28-16-5-3-2-4-15(16)24)20(26)27-11-18-22-19(23-29-18)13-6-8-14(21)9-7-13/h2-9,17H,10-11H2,1H3/t17-/m0/s1. The average Bonchev–Trinajstić information content (AvgIpc) is 3.20. The van der Waals surface area contributed by atoms with Crippen molar-refractivity contribution >= 4 is 17.6 Å². The molecule has 148 valence electrons. The predicted molar refractivity (Wildman–Crippen MR) is 98.4 cm³/mol. The van der Waals surface area contributed by atoms with Crippen LogP contribution in [0.25, 0.3) is 11.4 Å². The summed E-state index contributed by atoms with van der Waals surface area (Å²) in [4.78, 5) is 30.0. The predicted octanol–water partition coefficient (Wildman–Crippen LogP) is 2.73. The second-order valence-corrected chi connectivity index (χ2v) is 6.33. The summed E-state index contributed by atoms with van der Waals surface area (Å²) in [6.07, 6.45) is -0.978. The molecule has 0 saturated heterocycles. The van der Waals surface area contributed by atoms with Crippen LogP contribution < -0.4 is 9.64 Å². The monoisotopic (exact) mass is 397 g/mol. The summed E-state index contributed by atoms with van der Waals surface area (Å²) in [6.45, 7) is 1.20. The molecule has 0 saturated carbocycles. The van der Waals surface area contributed by atoms with E-state index in [9.17, 15) is 14.0 Å². The first-order valence-corrected chi connectivity index (χ1v) is 8.80. The van der Waals surface area contributed by atoms with Gasteiger partial charge in [-0.1, -0.05) is 17.3 Å². The molecule has 29 heavy (non-hydrogen) atoms. The number of hydrogen-bond donors (Lipinski definition) is 0. The van der Waals surface area contributed by atoms with Gasteiger partial charge < -0.3 is 18.9 Å². The van der Waals surface area contributed by atoms with Crippen LogP contribution in [-0.2, 0) is 20.9 Å². The minimum absolute atomic E-state index is 0.0375. The molecule has 1 aromatic heterocycles. The van der Waals surface area contributed by atoms with Gasteiger partial charge in [0.2, 0.25) is 17.8 Å². The molecule has 0 radical (unpaired) electrons. The van der Waals surface area contributed by atoms with Gasteiger partial charge in [-0.25, -0.2) is 9.18 Å². The highest BCUT2D eigenvalue weighted by atomic mass is 19.1. The van der Waals surface area contributed by atoms with Crippen molar-refractivity contribution in [1.29, 1.82) is 0 Å². The number of halogens is 1. The minimum Gasteiger partial charge on any atom is -0.475 e. The smallest absolute Gasteiger partial charge is 0.349 e. The second-order valence-electron chi connectivity index (χ2n) is 6.33. The number of amides is 1. The Balaban J connectivity index is 1.41. The second kappa shape index (κ2) is 7.70. The lowest BCUT2D eigenvalue weighted by atomic mass is 10.2. The van der Waals surface area contributed by atoms with E-state index < -0.39 is 12.1 Å². The molecule has 4 rings (SSSR count). The summed E-state index contributed by atoms with van der Waals surface area (Å²) in [5, 5.41) is 3.79. The Kier molecular flexibility index (Phi) is 4.94. The average molecular weight is 397 g/mol. The summed E-state index contributed by atoms with van der Waals surface area (Å²) < 4.78 is 29.0. The molecule has 0 N–H and O–H groups in total. The van der Waals surface area contributed by atoms with Gasteiger partial charge in [-0.3, -0.25) is 4.79 Å². The highest BCUT2D eigenvalue weighted by Gasteiger charge is 2.33. The lowest BCUT2D eigenvalue weighted by Gasteiger charge is -2.32. The zero-order chi connectivity index (χ0) is 20.4. The van der Waals surface area contributed by atoms with Gasteiger partial charge in [0.15, 0.2) is 6.61 Å². The van der Waals surface area contributed by atoms with Crippen LogP contribution in [0.3, 0.4) is 0 Å². The van der Waals surface area contributed by atoms with E-state index >= 15 is 0 Å². The van der Waals surface area contributed by atoms with E-state index in [1.54, 1.807) is 24.3 Å². The van der Waals surface area contributed by atoms with Crippen LogP contribution in [0.1, 0.15) is 12.8 Å². The molecule has 2 aromatic carbocycles. The number of aromatic nitrogens is 2. The van der Waals surface area contributed by atoms with E-state index in [4.69, 9.17) is 14.0 Å². The molecule has 0 fully saturated rings. The zero-order valence-electron chi connectivity index (χ0n) is 15.4. The van der Waals surface area contributed by atoms with E-state index in [1.165, 1.54) is 36.1 Å². The summed E-state index contributed by atoms with van der Waals surface area (Å²) in [5.41, 5.74) is 1.17. The van der Waals surface area contributed by atoms with Crippen LogP contribution >= 0.6 is 0 Å². The van der Waals surface area contributed by atoms with Crippen LogP contribution in [0.2, 0.25) is 0 Å². The van der Waals surface area contributed by atoms with E-state index in [2.05, 4.69) is 10.1 Å². The molecule has 2 heterocycles. The molecule has 9 heteroatoms. The number of esters is 1. The molecular weight excluding hydrogens is 381 g/mol. The van der Waals surface area contributed by atoms with Crippen molar-refractivity contribution in [2.45, 2.75) is 19.6 Å². The molecule has 1 atom stereocenters. The number of anilines is 1. The van der Waals surface area contributed by atoms with E-state index in [0.717, 1.165) is 0 Å². The van der Waals surface area contributed by atoms with Gasteiger partial charge >= 0.3 is 5.97 Å². The van der Waals surface area contributed by atoms with Gasteiger partial charge in [-0.2, -0.15) is 4.98 Å². The maximum absolute atomic E-state index is 13.0. The van der Waals surface area contributed by atoms with Crippen LogP contribution in [0.15, 0.2) is 53.1 Å². The molecule has 1 aliphatic rings. The largest absolute Gasteiger partial charge is 0.475 e. The fraction of sp³-hybridized carbons (Fsp3) is 0.200. The molecular formula is C20H16FN3O5. The SMILES string of the molecule is CC(=O)N1C[C@@H](C(=O)OCc2nc(-c3ccc(F)cc3)no2)Oc2ccccc21. The lowest BCUT2D eigenvalue weighted by Crippen LogP contribution is -2.47. The third kappa shape index (κ3) is 3.93. The Hall–Kier alpha value is -3.75. The third-order valence-electron chi connectivity index (χ3n) is 4.33. The Morgan fingerprint density at radius 2 is 1.97 bits per heavy atom. The lowest BCUT2D eigenvalue weighted by molar-refractivity contribution is -0.154. The normalized spacial score (nSPS) is 15.4. The number of benzene rings is 2. The quantitative estimate of drug-likeness (QED) is 0.625. The first-order valence-electron chi connectivity index (χ1n) is 8.80. The molecule has 1 amide bonds. The fourth-order valence-electron chi connectivity index (χ4n) is 2.91. The topological polar surface area (TPSA) is 94.8 Å². The summed E-state index contributed by atoms with van der Waals surface area (Å²) in [7, 11) is 0. The summed E-state index contributed by atoms with van der Waals surface area (Å²) in [5.74, 6) is -0.488. The maximum atomic E-state index is 13.0. The fourth-order valence-corrected chi connectivity index (χ4v) is 2.91. The number of carbonyl (C=O) groups excluding carboxylic acids is 2. The van der Waals surface area contributed by atoms with Crippen molar-refractivity contribution in [1.82, 2.24) is 10.1 Å². The first-order chi connectivity index (χ1) is 14.0.